The Morgan fingerprint density at radius 2 is 1.47 bits per heavy atom. The topological polar surface area (TPSA) is 81.7 Å². The number of benzene rings is 3. The first kappa shape index (κ1) is 24.0. The van der Waals surface area contributed by atoms with Gasteiger partial charge in [0.2, 0.25) is 10.0 Å². The first-order valence-electron chi connectivity index (χ1n) is 9.80. The molecule has 3 aromatic rings. The van der Waals surface area contributed by atoms with E-state index in [1.165, 1.54) is 26.4 Å². The Kier molecular flexibility index (Phi) is 7.71. The smallest absolute Gasteiger partial charge is 0.241 e. The van der Waals surface area contributed by atoms with Crippen molar-refractivity contribution in [3.05, 3.63) is 89.5 Å². The minimum absolute atomic E-state index is 0.106. The Hall–Kier alpha value is -2.68. The van der Waals surface area contributed by atoms with Gasteiger partial charge in [0.15, 0.2) is 5.78 Å². The summed E-state index contributed by atoms with van der Waals surface area (Å²) in [4.78, 5) is 12.4. The molecule has 0 bridgehead atoms. The quantitative estimate of drug-likeness (QED) is 0.329. The molecule has 0 saturated heterocycles. The van der Waals surface area contributed by atoms with Crippen LogP contribution in [-0.4, -0.2) is 33.2 Å². The predicted octanol–water partition coefficient (Wildman–Crippen LogP) is 4.68. The zero-order valence-electron chi connectivity index (χ0n) is 17.9. The molecule has 0 aliphatic heterocycles. The van der Waals surface area contributed by atoms with E-state index in [9.17, 15) is 13.2 Å². The third-order valence-electron chi connectivity index (χ3n) is 4.95. The van der Waals surface area contributed by atoms with Gasteiger partial charge in [0.25, 0.3) is 0 Å². The Bertz CT molecular complexity index is 1160. The fourth-order valence-electron chi connectivity index (χ4n) is 3.17. The maximum Gasteiger partial charge on any atom is 0.241 e. The molecule has 0 radical (unpaired) electrons. The van der Waals surface area contributed by atoms with E-state index >= 15 is 0 Å². The summed E-state index contributed by atoms with van der Waals surface area (Å²) in [6, 6.07) is 19.3. The maximum atomic E-state index is 13.2. The molecule has 1 N–H and O–H groups in total. The Labute approximate surface area is 196 Å². The fourth-order valence-corrected chi connectivity index (χ4v) is 5.29. The lowest BCUT2D eigenvalue weighted by molar-refractivity contribution is 0.0981. The number of aryl methyl sites for hydroxylation is 1. The van der Waals surface area contributed by atoms with E-state index in [0.717, 1.165) is 5.56 Å². The van der Waals surface area contributed by atoms with Crippen LogP contribution < -0.4 is 14.2 Å². The van der Waals surface area contributed by atoms with Crippen molar-refractivity contribution in [3.63, 3.8) is 0 Å². The van der Waals surface area contributed by atoms with Gasteiger partial charge in [-0.1, -0.05) is 64.0 Å². The lowest BCUT2D eigenvalue weighted by atomic mass is 9.98. The second-order valence-corrected chi connectivity index (χ2v) is 9.89. The van der Waals surface area contributed by atoms with Gasteiger partial charge in [-0.15, -0.1) is 0 Å². The molecule has 0 heterocycles. The number of hydrogen-bond acceptors (Lipinski definition) is 5. The molecule has 2 atom stereocenters. The first-order chi connectivity index (χ1) is 15.2. The summed E-state index contributed by atoms with van der Waals surface area (Å²) in [5.41, 5.74) is 1.92. The van der Waals surface area contributed by atoms with E-state index in [1.54, 1.807) is 54.6 Å². The average Bonchev–Trinajstić information content (AvgIpc) is 2.82. The summed E-state index contributed by atoms with van der Waals surface area (Å²) in [6.45, 7) is 1.88. The molecule has 3 rings (SSSR count). The summed E-state index contributed by atoms with van der Waals surface area (Å²) in [6.07, 6.45) is 0. The van der Waals surface area contributed by atoms with Crippen LogP contribution >= 0.6 is 15.9 Å². The van der Waals surface area contributed by atoms with Crippen LogP contribution in [0.3, 0.4) is 0 Å². The highest BCUT2D eigenvalue weighted by atomic mass is 79.9. The van der Waals surface area contributed by atoms with Crippen molar-refractivity contribution in [2.45, 2.75) is 22.7 Å². The molecule has 168 valence electrons. The van der Waals surface area contributed by atoms with Crippen molar-refractivity contribution in [1.29, 1.82) is 0 Å². The molecular formula is C24H24BrNO5S. The number of ether oxygens (including phenoxy) is 2. The summed E-state index contributed by atoms with van der Waals surface area (Å²) in [7, 11) is -0.929. The SMILES string of the molecule is COc1cc(OC)cc([C@@H](NS(=O)(=O)c2ccc(C)cc2)[C@@H](Br)C(=O)c2ccccc2)c1. The maximum absolute atomic E-state index is 13.2. The van der Waals surface area contributed by atoms with Crippen LogP contribution in [0, 0.1) is 6.92 Å². The predicted molar refractivity (Wildman–Crippen MR) is 127 cm³/mol. The second-order valence-electron chi connectivity index (χ2n) is 7.19. The molecule has 0 spiro atoms. The molecule has 6 nitrogen and oxygen atoms in total. The molecule has 0 aliphatic carbocycles. The van der Waals surface area contributed by atoms with Crippen LogP contribution in [0.4, 0.5) is 0 Å². The first-order valence-corrected chi connectivity index (χ1v) is 12.2. The van der Waals surface area contributed by atoms with E-state index in [4.69, 9.17) is 9.47 Å². The van der Waals surface area contributed by atoms with Crippen molar-refractivity contribution in [1.82, 2.24) is 4.72 Å². The average molecular weight is 518 g/mol. The number of methoxy groups -OCH3 is 2. The van der Waals surface area contributed by atoms with Crippen molar-refractivity contribution in [2.75, 3.05) is 14.2 Å². The van der Waals surface area contributed by atoms with Crippen LogP contribution in [0.15, 0.2) is 77.7 Å². The summed E-state index contributed by atoms with van der Waals surface area (Å²) in [5, 5.41) is 0. The van der Waals surface area contributed by atoms with Gasteiger partial charge >= 0.3 is 0 Å². The monoisotopic (exact) mass is 517 g/mol. The highest BCUT2D eigenvalue weighted by Crippen LogP contribution is 2.33. The number of alkyl halides is 1. The third kappa shape index (κ3) is 5.56. The lowest BCUT2D eigenvalue weighted by Crippen LogP contribution is -2.37. The van der Waals surface area contributed by atoms with Crippen LogP contribution in [0.5, 0.6) is 11.5 Å². The van der Waals surface area contributed by atoms with Gasteiger partial charge in [0, 0.05) is 11.6 Å². The van der Waals surface area contributed by atoms with Gasteiger partial charge in [-0.3, -0.25) is 4.79 Å². The van der Waals surface area contributed by atoms with Crippen molar-refractivity contribution >= 4 is 31.7 Å². The van der Waals surface area contributed by atoms with Gasteiger partial charge in [-0.25, -0.2) is 13.1 Å². The minimum atomic E-state index is -3.94. The second kappa shape index (κ2) is 10.3. The fraction of sp³-hybridized carbons (Fsp3) is 0.208. The molecule has 8 heteroatoms. The zero-order chi connectivity index (χ0) is 23.3. The largest absolute Gasteiger partial charge is 0.497 e. The molecule has 0 aromatic heterocycles. The Morgan fingerprint density at radius 1 is 0.906 bits per heavy atom. The normalized spacial score (nSPS) is 13.2. The van der Waals surface area contributed by atoms with Gasteiger partial charge in [-0.05, 0) is 36.8 Å². The molecule has 3 aromatic carbocycles. The standard InChI is InChI=1S/C24H24BrNO5S/c1-16-9-11-21(12-10-16)32(28,29)26-23(18-13-19(30-2)15-20(14-18)31-3)22(25)24(27)17-7-5-4-6-8-17/h4-15,22-23,26H,1-3H3/t22-,23-/m1/s1. The van der Waals surface area contributed by atoms with E-state index in [0.29, 0.717) is 22.6 Å². The highest BCUT2D eigenvalue weighted by Gasteiger charge is 2.33. The van der Waals surface area contributed by atoms with Crippen molar-refractivity contribution in [3.8, 4) is 11.5 Å². The van der Waals surface area contributed by atoms with Crippen LogP contribution in [0.25, 0.3) is 0 Å². The molecule has 0 aliphatic rings. The number of carbonyl (C=O) groups excluding carboxylic acids is 1. The van der Waals surface area contributed by atoms with Crippen LogP contribution in [0.2, 0.25) is 0 Å². The molecule has 32 heavy (non-hydrogen) atoms. The lowest BCUT2D eigenvalue weighted by Gasteiger charge is -2.24. The summed E-state index contributed by atoms with van der Waals surface area (Å²) < 4.78 is 39.8. The van der Waals surface area contributed by atoms with Crippen molar-refractivity contribution < 1.29 is 22.7 Å². The number of ketones is 1. The molecule has 0 fully saturated rings. The van der Waals surface area contributed by atoms with Crippen LogP contribution in [-0.2, 0) is 10.0 Å². The molecule has 0 amide bonds. The van der Waals surface area contributed by atoms with Gasteiger partial charge < -0.3 is 9.47 Å². The number of Topliss-reactive ketones (excluding diaryl/α,β-unsaturated/α-hetero) is 1. The number of halogens is 1. The van der Waals surface area contributed by atoms with E-state index in [1.807, 2.05) is 13.0 Å². The number of sulfonamides is 1. The minimum Gasteiger partial charge on any atom is -0.497 e. The molecular weight excluding hydrogens is 494 g/mol. The Balaban J connectivity index is 2.07. The number of rotatable bonds is 9. The number of nitrogens with one attached hydrogen (secondary N) is 1. The zero-order valence-corrected chi connectivity index (χ0v) is 20.3. The van der Waals surface area contributed by atoms with Gasteiger partial charge in [0.1, 0.15) is 11.5 Å². The van der Waals surface area contributed by atoms with Crippen LogP contribution in [0.1, 0.15) is 27.5 Å². The van der Waals surface area contributed by atoms with Crippen molar-refractivity contribution in [2.24, 2.45) is 0 Å². The van der Waals surface area contributed by atoms with Gasteiger partial charge in [0.05, 0.1) is 30.0 Å². The summed E-state index contributed by atoms with van der Waals surface area (Å²) >= 11 is 3.45. The van der Waals surface area contributed by atoms with E-state index < -0.39 is 20.9 Å². The molecule has 0 saturated carbocycles. The van der Waals surface area contributed by atoms with Gasteiger partial charge in [-0.2, -0.15) is 0 Å². The number of hydrogen-bond donors (Lipinski definition) is 1. The van der Waals surface area contributed by atoms with E-state index in [2.05, 4.69) is 20.7 Å². The highest BCUT2D eigenvalue weighted by molar-refractivity contribution is 9.10. The third-order valence-corrected chi connectivity index (χ3v) is 7.35. The Morgan fingerprint density at radius 3 is 2.00 bits per heavy atom. The summed E-state index contributed by atoms with van der Waals surface area (Å²) in [5.74, 6) is 0.695. The number of carbonyl (C=O) groups is 1. The van der Waals surface area contributed by atoms with E-state index in [-0.39, 0.29) is 10.7 Å². The molecule has 0 unspecified atom stereocenters.